The predicted molar refractivity (Wildman–Crippen MR) is 74.3 cm³/mol. The molecule has 0 spiro atoms. The van der Waals surface area contributed by atoms with Crippen molar-refractivity contribution in [1.82, 2.24) is 4.98 Å². The summed E-state index contributed by atoms with van der Waals surface area (Å²) in [4.78, 5) is 15.2. The summed E-state index contributed by atoms with van der Waals surface area (Å²) in [6.45, 7) is 6.14. The van der Waals surface area contributed by atoms with Crippen LogP contribution < -0.4 is 0 Å². The number of benzene rings is 1. The van der Waals surface area contributed by atoms with Crippen molar-refractivity contribution in [3.63, 3.8) is 0 Å². The van der Waals surface area contributed by atoms with Crippen LogP contribution in [-0.4, -0.2) is 21.8 Å². The Labute approximate surface area is 110 Å². The summed E-state index contributed by atoms with van der Waals surface area (Å²) in [7, 11) is 0. The van der Waals surface area contributed by atoms with Gasteiger partial charge in [-0.1, -0.05) is 23.9 Å². The Kier molecular flexibility index (Phi) is 3.57. The zero-order chi connectivity index (χ0) is 13.3. The van der Waals surface area contributed by atoms with E-state index < -0.39 is 5.97 Å². The van der Waals surface area contributed by atoms with Crippen LogP contribution in [0.1, 0.15) is 16.7 Å². The van der Waals surface area contributed by atoms with E-state index >= 15 is 0 Å². The number of aromatic nitrogens is 1. The number of carboxylic acids is 1. The van der Waals surface area contributed by atoms with Gasteiger partial charge in [0.2, 0.25) is 0 Å². The molecule has 2 rings (SSSR count). The van der Waals surface area contributed by atoms with Gasteiger partial charge in [-0.05, 0) is 43.5 Å². The number of aliphatic carboxylic acids is 1. The molecular weight excluding hydrogens is 246 g/mol. The first-order valence-electron chi connectivity index (χ1n) is 5.71. The first-order chi connectivity index (χ1) is 8.49. The van der Waals surface area contributed by atoms with Crippen LogP contribution >= 0.6 is 11.8 Å². The van der Waals surface area contributed by atoms with E-state index in [0.717, 1.165) is 21.7 Å². The molecule has 0 aliphatic heterocycles. The third-order valence-electron chi connectivity index (χ3n) is 2.89. The fourth-order valence-electron chi connectivity index (χ4n) is 2.05. The molecule has 1 aromatic carbocycles. The Balaban J connectivity index is 2.54. The van der Waals surface area contributed by atoms with Crippen LogP contribution in [-0.2, 0) is 4.79 Å². The molecule has 18 heavy (non-hydrogen) atoms. The number of aryl methyl sites for hydroxylation is 3. The number of hydrogen-bond acceptors (Lipinski definition) is 3. The lowest BCUT2D eigenvalue weighted by Gasteiger charge is -2.10. The van der Waals surface area contributed by atoms with Gasteiger partial charge in [-0.15, -0.1) is 0 Å². The minimum atomic E-state index is -0.819. The van der Waals surface area contributed by atoms with Crippen molar-refractivity contribution < 1.29 is 9.90 Å². The fraction of sp³-hybridized carbons (Fsp3) is 0.286. The van der Waals surface area contributed by atoms with Crippen molar-refractivity contribution in [2.75, 3.05) is 5.75 Å². The van der Waals surface area contributed by atoms with Gasteiger partial charge in [-0.25, -0.2) is 4.98 Å². The first-order valence-corrected chi connectivity index (χ1v) is 6.69. The molecule has 1 N–H and O–H groups in total. The highest BCUT2D eigenvalue weighted by Gasteiger charge is 2.09. The number of pyridine rings is 1. The van der Waals surface area contributed by atoms with Gasteiger partial charge < -0.3 is 5.11 Å². The molecule has 1 aromatic heterocycles. The molecule has 0 amide bonds. The summed E-state index contributed by atoms with van der Waals surface area (Å²) in [5.41, 5.74) is 4.45. The molecule has 0 aliphatic rings. The molecule has 0 fully saturated rings. The van der Waals surface area contributed by atoms with Crippen molar-refractivity contribution in [2.24, 2.45) is 0 Å². The topological polar surface area (TPSA) is 50.2 Å². The van der Waals surface area contributed by atoms with E-state index in [1.54, 1.807) is 0 Å². The van der Waals surface area contributed by atoms with Gasteiger partial charge in [0.15, 0.2) is 0 Å². The molecule has 1 heterocycles. The SMILES string of the molecule is Cc1ccc(C)c2c(C)cc(SCC(=O)O)nc12. The van der Waals surface area contributed by atoms with Crippen molar-refractivity contribution >= 4 is 28.6 Å². The maximum atomic E-state index is 10.6. The molecule has 3 nitrogen and oxygen atoms in total. The zero-order valence-corrected chi connectivity index (χ0v) is 11.5. The molecule has 2 aromatic rings. The van der Waals surface area contributed by atoms with E-state index in [9.17, 15) is 4.79 Å². The molecule has 0 atom stereocenters. The molecule has 0 saturated heterocycles. The van der Waals surface area contributed by atoms with Gasteiger partial charge in [0.05, 0.1) is 16.3 Å². The lowest BCUT2D eigenvalue weighted by Crippen LogP contribution is -1.99. The second-order valence-corrected chi connectivity index (χ2v) is 5.38. The third kappa shape index (κ3) is 2.48. The van der Waals surface area contributed by atoms with E-state index in [0.29, 0.717) is 0 Å². The Morgan fingerprint density at radius 2 is 1.89 bits per heavy atom. The second-order valence-electron chi connectivity index (χ2n) is 4.38. The number of thioether (sulfide) groups is 1. The average molecular weight is 261 g/mol. The fourth-order valence-corrected chi connectivity index (χ4v) is 2.73. The lowest BCUT2D eigenvalue weighted by atomic mass is 10.0. The standard InChI is InChI=1S/C14H15NO2S/c1-8-4-5-9(2)14-13(8)10(3)6-11(15-14)18-7-12(16)17/h4-6H,7H2,1-3H3,(H,16,17). The zero-order valence-electron chi connectivity index (χ0n) is 10.7. The Hall–Kier alpha value is -1.55. The summed E-state index contributed by atoms with van der Waals surface area (Å²) < 4.78 is 0. The number of fused-ring (bicyclic) bond motifs is 1. The van der Waals surface area contributed by atoms with Gasteiger partial charge in [-0.3, -0.25) is 4.79 Å². The van der Waals surface area contributed by atoms with Crippen LogP contribution in [0.2, 0.25) is 0 Å². The molecule has 0 bridgehead atoms. The van der Waals surface area contributed by atoms with E-state index in [2.05, 4.69) is 24.0 Å². The molecule has 0 aliphatic carbocycles. The van der Waals surface area contributed by atoms with Crippen LogP contribution in [0.15, 0.2) is 23.2 Å². The van der Waals surface area contributed by atoms with Crippen molar-refractivity contribution in [3.05, 3.63) is 34.9 Å². The van der Waals surface area contributed by atoms with E-state index in [4.69, 9.17) is 5.11 Å². The molecule has 0 unspecified atom stereocenters. The number of carboxylic acid groups (broad SMARTS) is 1. The number of carbonyl (C=O) groups is 1. The van der Waals surface area contributed by atoms with Crippen LogP contribution in [0, 0.1) is 20.8 Å². The largest absolute Gasteiger partial charge is 0.481 e. The molecule has 94 valence electrons. The maximum absolute atomic E-state index is 10.6. The molecule has 4 heteroatoms. The minimum Gasteiger partial charge on any atom is -0.481 e. The summed E-state index contributed by atoms with van der Waals surface area (Å²) >= 11 is 1.26. The van der Waals surface area contributed by atoms with Crippen molar-refractivity contribution in [1.29, 1.82) is 0 Å². The molecule has 0 saturated carbocycles. The summed E-state index contributed by atoms with van der Waals surface area (Å²) in [5, 5.41) is 10.7. The third-order valence-corrected chi connectivity index (χ3v) is 3.78. The minimum absolute atomic E-state index is 0.0445. The lowest BCUT2D eigenvalue weighted by molar-refractivity contribution is -0.133. The predicted octanol–water partition coefficient (Wildman–Crippen LogP) is 3.34. The van der Waals surface area contributed by atoms with Gasteiger partial charge in [-0.2, -0.15) is 0 Å². The Morgan fingerprint density at radius 3 is 2.56 bits per heavy atom. The van der Waals surface area contributed by atoms with Crippen molar-refractivity contribution in [2.45, 2.75) is 25.8 Å². The van der Waals surface area contributed by atoms with Crippen LogP contribution in [0.3, 0.4) is 0 Å². The van der Waals surface area contributed by atoms with Crippen molar-refractivity contribution in [3.8, 4) is 0 Å². The van der Waals surface area contributed by atoms with Crippen LogP contribution in [0.25, 0.3) is 10.9 Å². The highest BCUT2D eigenvalue weighted by atomic mass is 32.2. The highest BCUT2D eigenvalue weighted by molar-refractivity contribution is 7.99. The average Bonchev–Trinajstić information content (AvgIpc) is 2.31. The summed E-state index contributed by atoms with van der Waals surface area (Å²) in [6.07, 6.45) is 0. The van der Waals surface area contributed by atoms with E-state index in [-0.39, 0.29) is 5.75 Å². The van der Waals surface area contributed by atoms with E-state index in [1.165, 1.54) is 22.7 Å². The quantitative estimate of drug-likeness (QED) is 0.861. The number of nitrogens with zero attached hydrogens (tertiary/aromatic N) is 1. The molecule has 0 radical (unpaired) electrons. The Bertz CT molecular complexity index is 623. The van der Waals surface area contributed by atoms with Gasteiger partial charge >= 0.3 is 5.97 Å². The smallest absolute Gasteiger partial charge is 0.313 e. The molecular formula is C14H15NO2S. The van der Waals surface area contributed by atoms with Gasteiger partial charge in [0.25, 0.3) is 0 Å². The van der Waals surface area contributed by atoms with Crippen LogP contribution in [0.4, 0.5) is 0 Å². The van der Waals surface area contributed by atoms with Gasteiger partial charge in [0, 0.05) is 5.39 Å². The normalized spacial score (nSPS) is 10.8. The van der Waals surface area contributed by atoms with E-state index in [1.807, 2.05) is 19.9 Å². The summed E-state index contributed by atoms with van der Waals surface area (Å²) in [5.74, 6) is -0.775. The maximum Gasteiger partial charge on any atom is 0.313 e. The summed E-state index contributed by atoms with van der Waals surface area (Å²) in [6, 6.07) is 6.11. The van der Waals surface area contributed by atoms with Gasteiger partial charge in [0.1, 0.15) is 0 Å². The Morgan fingerprint density at radius 1 is 1.22 bits per heavy atom. The highest BCUT2D eigenvalue weighted by Crippen LogP contribution is 2.27. The number of hydrogen-bond donors (Lipinski definition) is 1. The van der Waals surface area contributed by atoms with Crippen LogP contribution in [0.5, 0.6) is 0 Å². The monoisotopic (exact) mass is 261 g/mol. The first kappa shape index (κ1) is 12.9. The second kappa shape index (κ2) is 4.98. The number of rotatable bonds is 3.